The summed E-state index contributed by atoms with van der Waals surface area (Å²) in [5.41, 5.74) is 8.33. The first-order chi connectivity index (χ1) is 8.15. The fraction of sp³-hybridized carbons (Fsp3) is 0.143. The molecule has 0 saturated carbocycles. The normalized spacial score (nSPS) is 10.2. The summed E-state index contributed by atoms with van der Waals surface area (Å²) in [7, 11) is 0. The maximum atomic E-state index is 9.33. The Hall–Kier alpha value is -2.16. The van der Waals surface area contributed by atoms with Crippen LogP contribution in [0.3, 0.4) is 0 Å². The van der Waals surface area contributed by atoms with E-state index in [4.69, 9.17) is 10.5 Å². The van der Waals surface area contributed by atoms with Gasteiger partial charge in [0.2, 0.25) is 0 Å². The summed E-state index contributed by atoms with van der Waals surface area (Å²) in [4.78, 5) is 0. The van der Waals surface area contributed by atoms with Gasteiger partial charge in [-0.2, -0.15) is 0 Å². The van der Waals surface area contributed by atoms with Crippen molar-refractivity contribution in [1.82, 2.24) is 0 Å². The zero-order valence-electron chi connectivity index (χ0n) is 9.68. The van der Waals surface area contributed by atoms with Crippen molar-refractivity contribution in [2.45, 2.75) is 13.5 Å². The van der Waals surface area contributed by atoms with E-state index in [1.807, 2.05) is 31.2 Å². The molecule has 0 atom stereocenters. The number of phenolic OH excluding ortho intramolecular Hbond substituents is 1. The van der Waals surface area contributed by atoms with Gasteiger partial charge in [-0.25, -0.2) is 0 Å². The molecule has 2 aromatic carbocycles. The average Bonchev–Trinajstić information content (AvgIpc) is 2.28. The van der Waals surface area contributed by atoms with Gasteiger partial charge in [-0.3, -0.25) is 0 Å². The van der Waals surface area contributed by atoms with E-state index >= 15 is 0 Å². The van der Waals surface area contributed by atoms with Crippen LogP contribution in [0.1, 0.15) is 11.1 Å². The molecule has 0 spiro atoms. The molecule has 3 heteroatoms. The maximum absolute atomic E-state index is 9.33. The fourth-order valence-corrected chi connectivity index (χ4v) is 1.64. The lowest BCUT2D eigenvalue weighted by Gasteiger charge is -2.09. The Labute approximate surface area is 100 Å². The summed E-state index contributed by atoms with van der Waals surface area (Å²) in [5, 5.41) is 9.33. The molecule has 2 aromatic rings. The van der Waals surface area contributed by atoms with Gasteiger partial charge in [0.05, 0.1) is 0 Å². The number of hydrogen-bond donors (Lipinski definition) is 2. The number of nitrogen functional groups attached to an aromatic ring is 1. The maximum Gasteiger partial charge on any atom is 0.122 e. The molecule has 3 nitrogen and oxygen atoms in total. The van der Waals surface area contributed by atoms with Gasteiger partial charge in [-0.1, -0.05) is 12.1 Å². The van der Waals surface area contributed by atoms with E-state index < -0.39 is 0 Å². The number of aromatic hydroxyl groups is 1. The highest BCUT2D eigenvalue weighted by atomic mass is 16.5. The predicted octanol–water partition coefficient (Wildman–Crippen LogP) is 2.86. The summed E-state index contributed by atoms with van der Waals surface area (Å²) >= 11 is 0. The third-order valence-corrected chi connectivity index (χ3v) is 2.50. The monoisotopic (exact) mass is 229 g/mol. The molecule has 0 aliphatic carbocycles. The highest BCUT2D eigenvalue weighted by Crippen LogP contribution is 2.21. The van der Waals surface area contributed by atoms with Crippen molar-refractivity contribution in [1.29, 1.82) is 0 Å². The van der Waals surface area contributed by atoms with Crippen molar-refractivity contribution in [3.8, 4) is 11.5 Å². The van der Waals surface area contributed by atoms with E-state index in [9.17, 15) is 5.11 Å². The Kier molecular flexibility index (Phi) is 3.19. The van der Waals surface area contributed by atoms with Crippen LogP contribution < -0.4 is 10.5 Å². The van der Waals surface area contributed by atoms with E-state index in [1.165, 1.54) is 0 Å². The number of phenols is 1. The number of benzene rings is 2. The smallest absolute Gasteiger partial charge is 0.122 e. The average molecular weight is 229 g/mol. The quantitative estimate of drug-likeness (QED) is 0.796. The van der Waals surface area contributed by atoms with Crippen molar-refractivity contribution < 1.29 is 9.84 Å². The Morgan fingerprint density at radius 3 is 2.71 bits per heavy atom. The lowest BCUT2D eigenvalue weighted by Crippen LogP contribution is -1.97. The summed E-state index contributed by atoms with van der Waals surface area (Å²) in [6.45, 7) is 2.38. The van der Waals surface area contributed by atoms with Gasteiger partial charge in [0.15, 0.2) is 0 Å². The summed E-state index contributed by atoms with van der Waals surface area (Å²) in [5.74, 6) is 1.06. The summed E-state index contributed by atoms with van der Waals surface area (Å²) < 4.78 is 5.67. The van der Waals surface area contributed by atoms with Gasteiger partial charge in [0.1, 0.15) is 18.1 Å². The van der Waals surface area contributed by atoms with E-state index in [0.717, 1.165) is 22.6 Å². The lowest BCUT2D eigenvalue weighted by atomic mass is 10.2. The first-order valence-electron chi connectivity index (χ1n) is 5.42. The zero-order valence-corrected chi connectivity index (χ0v) is 9.68. The summed E-state index contributed by atoms with van der Waals surface area (Å²) in [6.07, 6.45) is 0. The molecule has 2 rings (SSSR count). The van der Waals surface area contributed by atoms with Gasteiger partial charge >= 0.3 is 0 Å². The number of nitrogens with two attached hydrogens (primary N) is 1. The number of hydrogen-bond acceptors (Lipinski definition) is 3. The first kappa shape index (κ1) is 11.3. The van der Waals surface area contributed by atoms with Crippen molar-refractivity contribution >= 4 is 5.69 Å². The second kappa shape index (κ2) is 4.78. The molecule has 0 saturated heterocycles. The molecule has 0 amide bonds. The Morgan fingerprint density at radius 2 is 2.00 bits per heavy atom. The van der Waals surface area contributed by atoms with E-state index in [0.29, 0.717) is 6.61 Å². The van der Waals surface area contributed by atoms with E-state index in [-0.39, 0.29) is 5.75 Å². The van der Waals surface area contributed by atoms with Crippen LogP contribution in [0.15, 0.2) is 42.5 Å². The number of anilines is 1. The Balaban J connectivity index is 2.07. The van der Waals surface area contributed by atoms with Crippen LogP contribution in [0.5, 0.6) is 11.5 Å². The minimum absolute atomic E-state index is 0.250. The molecule has 0 heterocycles. The molecule has 0 bridgehead atoms. The molecule has 88 valence electrons. The summed E-state index contributed by atoms with van der Waals surface area (Å²) in [6, 6.07) is 12.6. The molecular weight excluding hydrogens is 214 g/mol. The minimum atomic E-state index is 0.250. The lowest BCUT2D eigenvalue weighted by molar-refractivity contribution is 0.303. The standard InChI is InChI=1S/C14H15NO2/c1-10-7-12(15)5-6-14(10)17-9-11-3-2-4-13(16)8-11/h2-8,16H,9,15H2,1H3. The number of aryl methyl sites for hydroxylation is 1. The van der Waals surface area contributed by atoms with Crippen LogP contribution in [0.2, 0.25) is 0 Å². The SMILES string of the molecule is Cc1cc(N)ccc1OCc1cccc(O)c1. The number of ether oxygens (including phenoxy) is 1. The van der Waals surface area contributed by atoms with Gasteiger partial charge in [-0.15, -0.1) is 0 Å². The van der Waals surface area contributed by atoms with Gasteiger partial charge in [0, 0.05) is 5.69 Å². The molecule has 0 unspecified atom stereocenters. The van der Waals surface area contributed by atoms with E-state index in [1.54, 1.807) is 18.2 Å². The highest BCUT2D eigenvalue weighted by molar-refractivity contribution is 5.47. The van der Waals surface area contributed by atoms with Crippen LogP contribution in [0, 0.1) is 6.92 Å². The van der Waals surface area contributed by atoms with Gasteiger partial charge in [0.25, 0.3) is 0 Å². The highest BCUT2D eigenvalue weighted by Gasteiger charge is 2.01. The molecule has 3 N–H and O–H groups in total. The molecule has 0 aromatic heterocycles. The Bertz CT molecular complexity index is 523. The van der Waals surface area contributed by atoms with Crippen LogP contribution >= 0.6 is 0 Å². The second-order valence-corrected chi connectivity index (χ2v) is 3.98. The van der Waals surface area contributed by atoms with Crippen molar-refractivity contribution in [3.05, 3.63) is 53.6 Å². The van der Waals surface area contributed by atoms with Gasteiger partial charge < -0.3 is 15.6 Å². The number of rotatable bonds is 3. The van der Waals surface area contributed by atoms with Crippen molar-refractivity contribution in [3.63, 3.8) is 0 Å². The largest absolute Gasteiger partial charge is 0.508 e. The topological polar surface area (TPSA) is 55.5 Å². The zero-order chi connectivity index (χ0) is 12.3. The third-order valence-electron chi connectivity index (χ3n) is 2.50. The molecule has 0 aliphatic heterocycles. The minimum Gasteiger partial charge on any atom is -0.508 e. The van der Waals surface area contributed by atoms with Crippen molar-refractivity contribution in [2.24, 2.45) is 0 Å². The molecule has 0 fully saturated rings. The third kappa shape index (κ3) is 2.91. The fourth-order valence-electron chi connectivity index (χ4n) is 1.64. The van der Waals surface area contributed by atoms with Crippen LogP contribution in [0.25, 0.3) is 0 Å². The van der Waals surface area contributed by atoms with Crippen molar-refractivity contribution in [2.75, 3.05) is 5.73 Å². The first-order valence-corrected chi connectivity index (χ1v) is 5.42. The van der Waals surface area contributed by atoms with Crippen LogP contribution in [-0.2, 0) is 6.61 Å². The molecule has 0 aliphatic rings. The molecule has 0 radical (unpaired) electrons. The van der Waals surface area contributed by atoms with Crippen LogP contribution in [-0.4, -0.2) is 5.11 Å². The van der Waals surface area contributed by atoms with Gasteiger partial charge in [-0.05, 0) is 48.4 Å². The molecule has 17 heavy (non-hydrogen) atoms. The van der Waals surface area contributed by atoms with E-state index in [2.05, 4.69) is 0 Å². The second-order valence-electron chi connectivity index (χ2n) is 3.98. The van der Waals surface area contributed by atoms with Crippen LogP contribution in [0.4, 0.5) is 5.69 Å². The predicted molar refractivity (Wildman–Crippen MR) is 68.0 cm³/mol. The molecular formula is C14H15NO2. The Morgan fingerprint density at radius 1 is 1.18 bits per heavy atom.